The lowest BCUT2D eigenvalue weighted by Crippen LogP contribution is -2.21. The highest BCUT2D eigenvalue weighted by molar-refractivity contribution is 7.13. The number of thiazole rings is 1. The molecular weight excluding hydrogens is 376 g/mol. The summed E-state index contributed by atoms with van der Waals surface area (Å²) in [6, 6.07) is 5.49. The number of hydrogen-bond acceptors (Lipinski definition) is 6. The Labute approximate surface area is 166 Å². The lowest BCUT2D eigenvalue weighted by atomic mass is 9.85. The first-order chi connectivity index (χ1) is 13.7. The van der Waals surface area contributed by atoms with Crippen molar-refractivity contribution in [2.75, 3.05) is 12.4 Å². The lowest BCUT2D eigenvalue weighted by molar-refractivity contribution is -0.116. The number of rotatable bonds is 6. The molecular formula is C20H22N4O3S. The molecule has 1 N–H and O–H groups in total. The second-order valence-electron chi connectivity index (χ2n) is 6.97. The number of carbonyl (C=O) groups excluding carboxylic acids is 2. The topological polar surface area (TPSA) is 86.1 Å². The summed E-state index contributed by atoms with van der Waals surface area (Å²) in [6.45, 7) is 0.00118. The molecule has 0 unspecified atom stereocenters. The highest BCUT2D eigenvalue weighted by Gasteiger charge is 2.27. The Morgan fingerprint density at radius 2 is 2.11 bits per heavy atom. The van der Waals surface area contributed by atoms with E-state index in [2.05, 4.69) is 15.4 Å². The quantitative estimate of drug-likeness (QED) is 0.637. The minimum Gasteiger partial charge on any atom is -0.497 e. The molecule has 0 saturated heterocycles. The van der Waals surface area contributed by atoms with Crippen molar-refractivity contribution in [1.29, 1.82) is 0 Å². The molecule has 7 nitrogen and oxygen atoms in total. The molecule has 2 heterocycles. The maximum Gasteiger partial charge on any atom is 0.247 e. The standard InChI is InChI=1S/C20H22N4O3S/c1-27-14-7-8-15-16(11-14)24(12-17(25)22-20-21-9-10-28-20)23-18(15)19(26)13-5-3-2-4-6-13/h7-11,13H,2-6,12H2,1H3,(H,21,22,25). The monoisotopic (exact) mass is 398 g/mol. The van der Waals surface area contributed by atoms with E-state index >= 15 is 0 Å². The molecule has 1 aliphatic carbocycles. The fourth-order valence-corrected chi connectivity index (χ4v) is 4.27. The van der Waals surface area contributed by atoms with E-state index in [0.717, 1.165) is 31.1 Å². The Bertz CT molecular complexity index is 990. The summed E-state index contributed by atoms with van der Waals surface area (Å²) >= 11 is 1.35. The van der Waals surface area contributed by atoms with Crippen molar-refractivity contribution in [2.45, 2.75) is 38.6 Å². The number of methoxy groups -OCH3 is 1. The zero-order valence-electron chi connectivity index (χ0n) is 15.7. The van der Waals surface area contributed by atoms with Gasteiger partial charge in [-0.1, -0.05) is 19.3 Å². The molecule has 1 amide bonds. The van der Waals surface area contributed by atoms with E-state index in [-0.39, 0.29) is 24.2 Å². The van der Waals surface area contributed by atoms with Gasteiger partial charge in [0, 0.05) is 28.9 Å². The van der Waals surface area contributed by atoms with Gasteiger partial charge in [-0.05, 0) is 25.0 Å². The van der Waals surface area contributed by atoms with Crippen molar-refractivity contribution in [1.82, 2.24) is 14.8 Å². The summed E-state index contributed by atoms with van der Waals surface area (Å²) in [5.41, 5.74) is 1.17. The Morgan fingerprint density at radius 3 is 2.82 bits per heavy atom. The fourth-order valence-electron chi connectivity index (χ4n) is 3.72. The van der Waals surface area contributed by atoms with E-state index < -0.39 is 0 Å². The molecule has 4 rings (SSSR count). The number of carbonyl (C=O) groups is 2. The first kappa shape index (κ1) is 18.6. The van der Waals surface area contributed by atoms with E-state index in [1.165, 1.54) is 17.8 Å². The maximum atomic E-state index is 13.1. The third kappa shape index (κ3) is 3.77. The van der Waals surface area contributed by atoms with E-state index in [1.807, 2.05) is 18.2 Å². The van der Waals surface area contributed by atoms with E-state index in [9.17, 15) is 9.59 Å². The number of anilines is 1. The van der Waals surface area contributed by atoms with Crippen LogP contribution in [0.15, 0.2) is 29.8 Å². The van der Waals surface area contributed by atoms with Crippen molar-refractivity contribution in [3.05, 3.63) is 35.5 Å². The summed E-state index contributed by atoms with van der Waals surface area (Å²) in [4.78, 5) is 29.6. The Morgan fingerprint density at radius 1 is 1.29 bits per heavy atom. The number of nitrogens with one attached hydrogen (secondary N) is 1. The number of hydrogen-bond donors (Lipinski definition) is 1. The molecule has 1 aliphatic rings. The summed E-state index contributed by atoms with van der Waals surface area (Å²) < 4.78 is 6.90. The van der Waals surface area contributed by atoms with Crippen LogP contribution in [0.5, 0.6) is 5.75 Å². The smallest absolute Gasteiger partial charge is 0.247 e. The number of amides is 1. The van der Waals surface area contributed by atoms with Crippen LogP contribution < -0.4 is 10.1 Å². The van der Waals surface area contributed by atoms with Crippen LogP contribution in [-0.4, -0.2) is 33.6 Å². The highest BCUT2D eigenvalue weighted by Crippen LogP contribution is 2.30. The van der Waals surface area contributed by atoms with Crippen molar-refractivity contribution in [2.24, 2.45) is 5.92 Å². The molecule has 0 radical (unpaired) electrons. The van der Waals surface area contributed by atoms with E-state index in [0.29, 0.717) is 22.1 Å². The largest absolute Gasteiger partial charge is 0.497 e. The fraction of sp³-hybridized carbons (Fsp3) is 0.400. The van der Waals surface area contributed by atoms with Gasteiger partial charge in [-0.3, -0.25) is 14.3 Å². The van der Waals surface area contributed by atoms with Crippen LogP contribution in [0.3, 0.4) is 0 Å². The van der Waals surface area contributed by atoms with Crippen molar-refractivity contribution >= 4 is 39.1 Å². The molecule has 1 fully saturated rings. The number of ether oxygens (including phenoxy) is 1. The number of ketones is 1. The molecule has 1 aromatic carbocycles. The number of aromatic nitrogens is 3. The minimum atomic E-state index is -0.237. The third-order valence-corrected chi connectivity index (χ3v) is 5.83. The molecule has 0 aliphatic heterocycles. The highest BCUT2D eigenvalue weighted by atomic mass is 32.1. The van der Waals surface area contributed by atoms with Gasteiger partial charge in [-0.25, -0.2) is 4.98 Å². The second kappa shape index (κ2) is 8.10. The van der Waals surface area contributed by atoms with E-state index in [4.69, 9.17) is 4.74 Å². The van der Waals surface area contributed by atoms with Gasteiger partial charge in [-0.2, -0.15) is 5.10 Å². The van der Waals surface area contributed by atoms with Gasteiger partial charge in [0.05, 0.1) is 12.6 Å². The maximum absolute atomic E-state index is 13.1. The molecule has 1 saturated carbocycles. The average Bonchev–Trinajstić information content (AvgIpc) is 3.36. The van der Waals surface area contributed by atoms with E-state index in [1.54, 1.807) is 23.4 Å². The second-order valence-corrected chi connectivity index (χ2v) is 7.87. The van der Waals surface area contributed by atoms with Crippen LogP contribution in [0.1, 0.15) is 42.6 Å². The normalized spacial score (nSPS) is 14.9. The summed E-state index contributed by atoms with van der Waals surface area (Å²) in [7, 11) is 1.59. The molecule has 146 valence electrons. The van der Waals surface area contributed by atoms with Gasteiger partial charge in [-0.15, -0.1) is 11.3 Å². The lowest BCUT2D eigenvalue weighted by Gasteiger charge is -2.19. The van der Waals surface area contributed by atoms with Crippen LogP contribution in [0, 0.1) is 5.92 Å². The first-order valence-corrected chi connectivity index (χ1v) is 10.3. The van der Waals surface area contributed by atoms with Gasteiger partial charge < -0.3 is 10.1 Å². The van der Waals surface area contributed by atoms with Gasteiger partial charge in [0.15, 0.2) is 10.9 Å². The van der Waals surface area contributed by atoms with Crippen LogP contribution >= 0.6 is 11.3 Å². The number of Topliss-reactive ketones (excluding diaryl/α,β-unsaturated/α-hetero) is 1. The van der Waals surface area contributed by atoms with Crippen molar-refractivity contribution in [3.63, 3.8) is 0 Å². The predicted octanol–water partition coefficient (Wildman–Crippen LogP) is 3.90. The van der Waals surface area contributed by atoms with Gasteiger partial charge in [0.2, 0.25) is 5.91 Å². The van der Waals surface area contributed by atoms with Gasteiger partial charge >= 0.3 is 0 Å². The average molecular weight is 398 g/mol. The van der Waals surface area contributed by atoms with Crippen LogP contribution in [0.4, 0.5) is 5.13 Å². The molecule has 28 heavy (non-hydrogen) atoms. The first-order valence-electron chi connectivity index (χ1n) is 9.44. The van der Waals surface area contributed by atoms with Gasteiger partial charge in [0.1, 0.15) is 18.0 Å². The summed E-state index contributed by atoms with van der Waals surface area (Å²) in [5, 5.41) is 10.4. The number of nitrogens with zero attached hydrogens (tertiary/aromatic N) is 3. The SMILES string of the molecule is COc1ccc2c(C(=O)C3CCCCC3)nn(CC(=O)Nc3nccs3)c2c1. The van der Waals surface area contributed by atoms with Crippen molar-refractivity contribution in [3.8, 4) is 5.75 Å². The van der Waals surface area contributed by atoms with Crippen LogP contribution in [0.2, 0.25) is 0 Å². The van der Waals surface area contributed by atoms with Crippen LogP contribution in [0.25, 0.3) is 10.9 Å². The Hall–Kier alpha value is -2.74. The van der Waals surface area contributed by atoms with Gasteiger partial charge in [0.25, 0.3) is 0 Å². The zero-order valence-corrected chi connectivity index (χ0v) is 16.5. The zero-order chi connectivity index (χ0) is 19.5. The molecule has 2 aromatic heterocycles. The molecule has 8 heteroatoms. The van der Waals surface area contributed by atoms with Crippen LogP contribution in [-0.2, 0) is 11.3 Å². The van der Waals surface area contributed by atoms with Crippen molar-refractivity contribution < 1.29 is 14.3 Å². The molecule has 3 aromatic rings. The number of fused-ring (bicyclic) bond motifs is 1. The summed E-state index contributed by atoms with van der Waals surface area (Å²) in [5.74, 6) is 0.518. The molecule has 0 bridgehead atoms. The predicted molar refractivity (Wildman–Crippen MR) is 108 cm³/mol. The minimum absolute atomic E-state index is 0.00118. The molecule has 0 atom stereocenters. The Balaban J connectivity index is 1.66. The number of benzene rings is 1. The third-order valence-electron chi connectivity index (χ3n) is 5.14. The molecule has 0 spiro atoms. The Kier molecular flexibility index (Phi) is 5.38. The summed E-state index contributed by atoms with van der Waals surface area (Å²) in [6.07, 6.45) is 6.81.